The lowest BCUT2D eigenvalue weighted by molar-refractivity contribution is 0.630. The summed E-state index contributed by atoms with van der Waals surface area (Å²) >= 11 is 3.26. The molecule has 26 heavy (non-hydrogen) atoms. The third-order valence-corrected chi connectivity index (χ3v) is 4.44. The first-order valence-corrected chi connectivity index (χ1v) is 8.82. The number of aromatic nitrogens is 4. The first-order chi connectivity index (χ1) is 12.5. The second-order valence-electron chi connectivity index (χ2n) is 6.05. The predicted molar refractivity (Wildman–Crippen MR) is 103 cm³/mol. The van der Waals surface area contributed by atoms with Crippen molar-refractivity contribution >= 4 is 33.2 Å². The van der Waals surface area contributed by atoms with Gasteiger partial charge in [0.05, 0.1) is 5.69 Å². The highest BCUT2D eigenvalue weighted by atomic mass is 79.9. The molecule has 0 spiro atoms. The van der Waals surface area contributed by atoms with Gasteiger partial charge < -0.3 is 5.32 Å². The van der Waals surface area contributed by atoms with Gasteiger partial charge in [0.2, 0.25) is 0 Å². The molecule has 130 valence electrons. The highest BCUT2D eigenvalue weighted by Crippen LogP contribution is 2.25. The molecule has 2 aromatic heterocycles. The Hall–Kier alpha value is -2.80. The number of nitrogens with one attached hydrogen (secondary N) is 1. The van der Waals surface area contributed by atoms with Crippen LogP contribution in [-0.4, -0.2) is 19.6 Å². The molecule has 2 heterocycles. The quantitative estimate of drug-likeness (QED) is 0.512. The highest BCUT2D eigenvalue weighted by Gasteiger charge is 2.13. The van der Waals surface area contributed by atoms with Crippen LogP contribution in [0.2, 0.25) is 0 Å². The molecule has 1 N–H and O–H groups in total. The van der Waals surface area contributed by atoms with E-state index in [0.29, 0.717) is 27.6 Å². The molecule has 0 atom stereocenters. The predicted octanol–water partition coefficient (Wildman–Crippen LogP) is 5.05. The summed E-state index contributed by atoms with van der Waals surface area (Å²) < 4.78 is 16.5. The minimum Gasteiger partial charge on any atom is -0.338 e. The van der Waals surface area contributed by atoms with E-state index in [4.69, 9.17) is 0 Å². The number of rotatable bonds is 3. The van der Waals surface area contributed by atoms with E-state index in [1.807, 2.05) is 44.2 Å². The fourth-order valence-electron chi connectivity index (χ4n) is 2.63. The maximum atomic E-state index is 14.2. The second kappa shape index (κ2) is 6.49. The molecule has 7 heteroatoms. The summed E-state index contributed by atoms with van der Waals surface area (Å²) in [6.45, 7) is 3.89. The van der Waals surface area contributed by atoms with E-state index < -0.39 is 0 Å². The fourth-order valence-corrected chi connectivity index (χ4v) is 2.96. The van der Waals surface area contributed by atoms with Gasteiger partial charge in [-0.2, -0.15) is 9.50 Å². The van der Waals surface area contributed by atoms with E-state index in [9.17, 15) is 4.39 Å². The second-order valence-corrected chi connectivity index (χ2v) is 6.96. The van der Waals surface area contributed by atoms with Gasteiger partial charge in [0, 0.05) is 21.8 Å². The van der Waals surface area contributed by atoms with E-state index in [-0.39, 0.29) is 5.82 Å². The van der Waals surface area contributed by atoms with E-state index in [0.717, 1.165) is 11.3 Å². The molecule has 0 fully saturated rings. The van der Waals surface area contributed by atoms with Crippen molar-refractivity contribution in [3.8, 4) is 11.4 Å². The van der Waals surface area contributed by atoms with Crippen LogP contribution in [0.1, 0.15) is 11.3 Å². The average molecular weight is 412 g/mol. The molecular formula is C19H15BrFN5. The molecule has 4 aromatic rings. The molecule has 2 aromatic carbocycles. The van der Waals surface area contributed by atoms with Gasteiger partial charge in [0.15, 0.2) is 5.82 Å². The summed E-state index contributed by atoms with van der Waals surface area (Å²) in [6.07, 6.45) is 0. The van der Waals surface area contributed by atoms with E-state index in [1.54, 1.807) is 16.6 Å². The van der Waals surface area contributed by atoms with Crippen LogP contribution in [0.3, 0.4) is 0 Å². The molecule has 0 amide bonds. The SMILES string of the molecule is Cc1ccc(-c2nc3nc(C)cc(Nc4ccc(Br)cc4F)n3n2)cc1. The standard InChI is InChI=1S/C19H15BrFN5/c1-11-3-5-13(6-4-11)18-24-19-22-12(2)9-17(26(19)25-18)23-16-8-7-14(20)10-15(16)21/h3-10,23H,1-2H3. The number of hydrogen-bond donors (Lipinski definition) is 1. The number of benzene rings is 2. The van der Waals surface area contributed by atoms with Crippen molar-refractivity contribution in [1.82, 2.24) is 19.6 Å². The van der Waals surface area contributed by atoms with Gasteiger partial charge in [-0.3, -0.25) is 0 Å². The van der Waals surface area contributed by atoms with Crippen molar-refractivity contribution in [3.05, 3.63) is 70.1 Å². The summed E-state index contributed by atoms with van der Waals surface area (Å²) in [6, 6.07) is 14.6. The number of nitrogens with zero attached hydrogens (tertiary/aromatic N) is 4. The normalized spacial score (nSPS) is 11.1. The molecular weight excluding hydrogens is 397 g/mol. The topological polar surface area (TPSA) is 55.1 Å². The van der Waals surface area contributed by atoms with Crippen molar-refractivity contribution in [2.24, 2.45) is 0 Å². The lowest BCUT2D eigenvalue weighted by atomic mass is 10.1. The number of fused-ring (bicyclic) bond motifs is 1. The van der Waals surface area contributed by atoms with Gasteiger partial charge in [0.25, 0.3) is 5.78 Å². The molecule has 0 radical (unpaired) electrons. The maximum absolute atomic E-state index is 14.2. The first kappa shape index (κ1) is 16.7. The Labute approximate surface area is 158 Å². The van der Waals surface area contributed by atoms with Crippen LogP contribution in [0.25, 0.3) is 17.2 Å². The van der Waals surface area contributed by atoms with Gasteiger partial charge in [-0.15, -0.1) is 5.10 Å². The molecule has 0 saturated carbocycles. The van der Waals surface area contributed by atoms with Crippen LogP contribution in [0.4, 0.5) is 15.9 Å². The van der Waals surface area contributed by atoms with Crippen LogP contribution in [0.15, 0.2) is 53.0 Å². The summed E-state index contributed by atoms with van der Waals surface area (Å²) in [7, 11) is 0. The smallest absolute Gasteiger partial charge is 0.254 e. The molecule has 0 aliphatic heterocycles. The molecule has 0 aliphatic rings. The van der Waals surface area contributed by atoms with Crippen LogP contribution in [0, 0.1) is 19.7 Å². The van der Waals surface area contributed by atoms with Crippen LogP contribution < -0.4 is 5.32 Å². The largest absolute Gasteiger partial charge is 0.338 e. The number of aryl methyl sites for hydroxylation is 2. The summed E-state index contributed by atoms with van der Waals surface area (Å²) in [5.41, 5.74) is 3.19. The van der Waals surface area contributed by atoms with Crippen molar-refractivity contribution in [2.45, 2.75) is 13.8 Å². The number of hydrogen-bond acceptors (Lipinski definition) is 4. The minimum atomic E-state index is -0.360. The zero-order valence-electron chi connectivity index (χ0n) is 14.2. The minimum absolute atomic E-state index is 0.354. The molecule has 4 rings (SSSR count). The lowest BCUT2D eigenvalue weighted by Gasteiger charge is -2.09. The molecule has 0 saturated heterocycles. The summed E-state index contributed by atoms with van der Waals surface area (Å²) in [4.78, 5) is 8.94. The van der Waals surface area contributed by atoms with Crippen LogP contribution in [0.5, 0.6) is 0 Å². The zero-order valence-corrected chi connectivity index (χ0v) is 15.7. The Bertz CT molecular complexity index is 1110. The summed E-state index contributed by atoms with van der Waals surface area (Å²) in [5, 5.41) is 7.63. The van der Waals surface area contributed by atoms with Gasteiger partial charge in [-0.05, 0) is 32.0 Å². The van der Waals surface area contributed by atoms with Gasteiger partial charge in [0.1, 0.15) is 11.6 Å². The Kier molecular flexibility index (Phi) is 4.16. The van der Waals surface area contributed by atoms with Crippen molar-refractivity contribution in [2.75, 3.05) is 5.32 Å². The third-order valence-electron chi connectivity index (χ3n) is 3.94. The molecule has 0 bridgehead atoms. The Balaban J connectivity index is 1.80. The van der Waals surface area contributed by atoms with Gasteiger partial charge in [-0.1, -0.05) is 45.8 Å². The van der Waals surface area contributed by atoms with E-state index >= 15 is 0 Å². The Morgan fingerprint density at radius 2 is 1.77 bits per heavy atom. The van der Waals surface area contributed by atoms with Gasteiger partial charge in [-0.25, -0.2) is 9.37 Å². The van der Waals surface area contributed by atoms with Gasteiger partial charge >= 0.3 is 0 Å². The number of anilines is 2. The summed E-state index contributed by atoms with van der Waals surface area (Å²) in [5.74, 6) is 1.27. The Morgan fingerprint density at radius 1 is 1.00 bits per heavy atom. The molecule has 5 nitrogen and oxygen atoms in total. The maximum Gasteiger partial charge on any atom is 0.254 e. The fraction of sp³-hybridized carbons (Fsp3) is 0.105. The molecule has 0 unspecified atom stereocenters. The van der Waals surface area contributed by atoms with Crippen molar-refractivity contribution in [1.29, 1.82) is 0 Å². The monoisotopic (exact) mass is 411 g/mol. The number of halogens is 2. The van der Waals surface area contributed by atoms with Crippen molar-refractivity contribution < 1.29 is 4.39 Å². The Morgan fingerprint density at radius 3 is 2.50 bits per heavy atom. The van der Waals surface area contributed by atoms with E-state index in [1.165, 1.54) is 11.6 Å². The lowest BCUT2D eigenvalue weighted by Crippen LogP contribution is -2.03. The van der Waals surface area contributed by atoms with Crippen LogP contribution >= 0.6 is 15.9 Å². The van der Waals surface area contributed by atoms with Crippen LogP contribution in [-0.2, 0) is 0 Å². The average Bonchev–Trinajstić information content (AvgIpc) is 3.02. The zero-order chi connectivity index (χ0) is 18.3. The van der Waals surface area contributed by atoms with E-state index in [2.05, 4.69) is 36.3 Å². The molecule has 0 aliphatic carbocycles. The first-order valence-electron chi connectivity index (χ1n) is 8.03. The third kappa shape index (κ3) is 3.17. The highest BCUT2D eigenvalue weighted by molar-refractivity contribution is 9.10. The van der Waals surface area contributed by atoms with Crippen molar-refractivity contribution in [3.63, 3.8) is 0 Å².